The molecule has 2 aliphatic rings. The summed E-state index contributed by atoms with van der Waals surface area (Å²) in [5.41, 5.74) is -0.897. The molecule has 3 unspecified atom stereocenters. The number of likely N-dealkylation sites (tertiary alicyclic amines) is 1. The van der Waals surface area contributed by atoms with Crippen molar-refractivity contribution in [1.29, 1.82) is 0 Å². The number of carbonyl (C=O) groups is 3. The van der Waals surface area contributed by atoms with Crippen molar-refractivity contribution in [2.24, 2.45) is 11.8 Å². The fourth-order valence-electron chi connectivity index (χ4n) is 4.10. The average Bonchev–Trinajstić information content (AvgIpc) is 2.93. The summed E-state index contributed by atoms with van der Waals surface area (Å²) >= 11 is 1.47. The van der Waals surface area contributed by atoms with Gasteiger partial charge in [-0.25, -0.2) is 0 Å². The number of hydrogen-bond acceptors (Lipinski definition) is 4. The number of hydrogen-bond donors (Lipinski definition) is 1. The summed E-state index contributed by atoms with van der Waals surface area (Å²) in [5, 5.41) is 2.47. The Hall–Kier alpha value is -2.03. The molecule has 9 heteroatoms. The molecule has 0 bridgehead atoms. The Kier molecular flexibility index (Phi) is 6.55. The minimum Gasteiger partial charge on any atom is -0.324 e. The van der Waals surface area contributed by atoms with Gasteiger partial charge in [0.25, 0.3) is 0 Å². The number of nitrogens with one attached hydrogen (secondary N) is 1. The molecule has 1 aliphatic carbocycles. The number of benzene rings is 1. The van der Waals surface area contributed by atoms with Crippen LogP contribution in [0.25, 0.3) is 0 Å². The van der Waals surface area contributed by atoms with Gasteiger partial charge in [0.05, 0.1) is 17.4 Å². The molecule has 0 spiro atoms. The number of thioether (sulfide) groups is 1. The molecule has 29 heavy (non-hydrogen) atoms. The fraction of sp³-hybridized carbons (Fsp3) is 0.550. The summed E-state index contributed by atoms with van der Waals surface area (Å²) < 4.78 is 38.8. The van der Waals surface area contributed by atoms with Gasteiger partial charge >= 0.3 is 6.18 Å². The molecule has 1 saturated carbocycles. The van der Waals surface area contributed by atoms with Crippen LogP contribution in [0.2, 0.25) is 0 Å². The molecule has 1 N–H and O–H groups in total. The van der Waals surface area contributed by atoms with E-state index in [4.69, 9.17) is 0 Å². The smallest absolute Gasteiger partial charge is 0.324 e. The van der Waals surface area contributed by atoms with Gasteiger partial charge in [0, 0.05) is 5.69 Å². The molecule has 1 aromatic carbocycles. The van der Waals surface area contributed by atoms with Crippen molar-refractivity contribution in [3.63, 3.8) is 0 Å². The highest BCUT2D eigenvalue weighted by Gasteiger charge is 2.51. The number of anilines is 1. The maximum Gasteiger partial charge on any atom is 0.416 e. The lowest BCUT2D eigenvalue weighted by atomic mass is 9.81. The number of amides is 3. The van der Waals surface area contributed by atoms with E-state index >= 15 is 0 Å². The highest BCUT2D eigenvalue weighted by molar-refractivity contribution is 7.98. The molecule has 0 radical (unpaired) electrons. The van der Waals surface area contributed by atoms with Crippen molar-refractivity contribution in [2.45, 2.75) is 44.3 Å². The van der Waals surface area contributed by atoms with Crippen LogP contribution in [0.5, 0.6) is 0 Å². The van der Waals surface area contributed by atoms with Gasteiger partial charge in [0.15, 0.2) is 0 Å². The number of imide groups is 1. The van der Waals surface area contributed by atoms with Crippen LogP contribution < -0.4 is 5.32 Å². The van der Waals surface area contributed by atoms with Gasteiger partial charge in [-0.2, -0.15) is 24.9 Å². The Morgan fingerprint density at radius 1 is 1.21 bits per heavy atom. The van der Waals surface area contributed by atoms with Crippen LogP contribution in [-0.2, 0) is 20.6 Å². The second kappa shape index (κ2) is 8.77. The summed E-state index contributed by atoms with van der Waals surface area (Å²) in [4.78, 5) is 39.7. The highest BCUT2D eigenvalue weighted by atomic mass is 32.2. The molecule has 1 aliphatic heterocycles. The van der Waals surface area contributed by atoms with Crippen molar-refractivity contribution >= 4 is 35.2 Å². The van der Waals surface area contributed by atoms with Crippen molar-refractivity contribution in [3.8, 4) is 0 Å². The summed E-state index contributed by atoms with van der Waals surface area (Å²) in [7, 11) is 0. The number of halogens is 3. The quantitative estimate of drug-likeness (QED) is 0.697. The summed E-state index contributed by atoms with van der Waals surface area (Å²) in [6.07, 6.45) is 0.583. The van der Waals surface area contributed by atoms with E-state index in [1.165, 1.54) is 23.9 Å². The molecule has 1 saturated heterocycles. The number of fused-ring (bicyclic) bond motifs is 1. The molecule has 3 amide bonds. The maximum absolute atomic E-state index is 12.9. The minimum absolute atomic E-state index is 0.0181. The summed E-state index contributed by atoms with van der Waals surface area (Å²) in [6.45, 7) is 0. The third kappa shape index (κ3) is 4.60. The van der Waals surface area contributed by atoms with Crippen LogP contribution in [-0.4, -0.2) is 40.7 Å². The number of alkyl halides is 3. The zero-order valence-corrected chi connectivity index (χ0v) is 16.8. The van der Waals surface area contributed by atoms with Crippen LogP contribution in [0, 0.1) is 11.8 Å². The number of carbonyl (C=O) groups excluding carboxylic acids is 3. The predicted octanol–water partition coefficient (Wildman–Crippen LogP) is 3.94. The first kappa shape index (κ1) is 21.7. The normalized spacial score (nSPS) is 23.1. The van der Waals surface area contributed by atoms with Crippen molar-refractivity contribution < 1.29 is 27.6 Å². The summed E-state index contributed by atoms with van der Waals surface area (Å²) in [5.74, 6) is -1.52. The first-order chi connectivity index (χ1) is 13.7. The van der Waals surface area contributed by atoms with Gasteiger partial charge in [-0.1, -0.05) is 18.9 Å². The van der Waals surface area contributed by atoms with E-state index in [0.29, 0.717) is 18.6 Å². The molecule has 5 nitrogen and oxygen atoms in total. The van der Waals surface area contributed by atoms with Gasteiger partial charge in [-0.05, 0) is 49.5 Å². The lowest BCUT2D eigenvalue weighted by Crippen LogP contribution is -2.48. The third-order valence-corrected chi connectivity index (χ3v) is 6.19. The molecule has 158 valence electrons. The zero-order chi connectivity index (χ0) is 21.2. The van der Waals surface area contributed by atoms with Gasteiger partial charge in [-0.3, -0.25) is 19.3 Å². The van der Waals surface area contributed by atoms with E-state index in [2.05, 4.69) is 5.32 Å². The molecule has 1 heterocycles. The minimum atomic E-state index is -4.53. The molecule has 3 atom stereocenters. The zero-order valence-electron chi connectivity index (χ0n) is 16.0. The molecular weight excluding hydrogens is 405 g/mol. The van der Waals surface area contributed by atoms with Gasteiger partial charge in [0.1, 0.15) is 6.04 Å². The monoisotopic (exact) mass is 428 g/mol. The standard InChI is InChI=1S/C20H23F3N2O3S/c1-29-10-9-16(25-18(27)14-7-2-3-8-15(14)19(25)28)17(26)24-13-6-4-5-12(11-13)20(21,22)23/h4-6,11,14-16H,2-3,7-10H2,1H3,(H,24,26). The predicted molar refractivity (Wildman–Crippen MR) is 104 cm³/mol. The Balaban J connectivity index is 1.82. The van der Waals surface area contributed by atoms with E-state index in [1.807, 2.05) is 6.26 Å². The first-order valence-electron chi connectivity index (χ1n) is 9.58. The van der Waals surface area contributed by atoms with E-state index in [0.717, 1.165) is 29.9 Å². The summed E-state index contributed by atoms with van der Waals surface area (Å²) in [6, 6.07) is 3.29. The SMILES string of the molecule is CSCCC(C(=O)Nc1cccc(C(F)(F)F)c1)N1C(=O)C2CCCCC2C1=O. The average molecular weight is 428 g/mol. The van der Waals surface area contributed by atoms with E-state index in [1.54, 1.807) is 0 Å². The Bertz CT molecular complexity index is 775. The first-order valence-corrected chi connectivity index (χ1v) is 11.0. The largest absolute Gasteiger partial charge is 0.416 e. The second-order valence-corrected chi connectivity index (χ2v) is 8.39. The van der Waals surface area contributed by atoms with Crippen LogP contribution in [0.3, 0.4) is 0 Å². The maximum atomic E-state index is 12.9. The second-order valence-electron chi connectivity index (χ2n) is 7.41. The van der Waals surface area contributed by atoms with Gasteiger partial charge in [0.2, 0.25) is 17.7 Å². The number of nitrogens with zero attached hydrogens (tertiary/aromatic N) is 1. The lowest BCUT2D eigenvalue weighted by Gasteiger charge is -2.26. The van der Waals surface area contributed by atoms with E-state index in [9.17, 15) is 27.6 Å². The van der Waals surface area contributed by atoms with E-state index < -0.39 is 23.7 Å². The highest BCUT2D eigenvalue weighted by Crippen LogP contribution is 2.39. The third-order valence-electron chi connectivity index (χ3n) is 5.54. The van der Waals surface area contributed by atoms with E-state index in [-0.39, 0.29) is 35.8 Å². The molecule has 3 rings (SSSR count). The van der Waals surface area contributed by atoms with Crippen LogP contribution >= 0.6 is 11.8 Å². The lowest BCUT2D eigenvalue weighted by molar-refractivity contribution is -0.146. The molecule has 0 aromatic heterocycles. The van der Waals surface area contributed by atoms with Crippen molar-refractivity contribution in [1.82, 2.24) is 4.90 Å². The number of rotatable bonds is 6. The Morgan fingerprint density at radius 3 is 2.38 bits per heavy atom. The van der Waals surface area contributed by atoms with Crippen LogP contribution in [0.4, 0.5) is 18.9 Å². The fourth-order valence-corrected chi connectivity index (χ4v) is 4.56. The van der Waals surface area contributed by atoms with Crippen LogP contribution in [0.15, 0.2) is 24.3 Å². The van der Waals surface area contributed by atoms with Crippen molar-refractivity contribution in [2.75, 3.05) is 17.3 Å². The Labute approximate surface area is 171 Å². The Morgan fingerprint density at radius 2 is 1.83 bits per heavy atom. The van der Waals surface area contributed by atoms with Gasteiger partial charge in [-0.15, -0.1) is 0 Å². The molecule has 1 aromatic rings. The topological polar surface area (TPSA) is 66.5 Å². The van der Waals surface area contributed by atoms with Gasteiger partial charge < -0.3 is 5.32 Å². The van der Waals surface area contributed by atoms with Crippen LogP contribution in [0.1, 0.15) is 37.7 Å². The van der Waals surface area contributed by atoms with Crippen molar-refractivity contribution in [3.05, 3.63) is 29.8 Å². The molecule has 2 fully saturated rings. The molecular formula is C20H23F3N2O3S.